The number of amides is 2. The summed E-state index contributed by atoms with van der Waals surface area (Å²) < 4.78 is 5.36. The second kappa shape index (κ2) is 13.5. The van der Waals surface area contributed by atoms with Gasteiger partial charge in [-0.2, -0.15) is 0 Å². The summed E-state index contributed by atoms with van der Waals surface area (Å²) >= 11 is 0. The average molecular weight is 563 g/mol. The summed E-state index contributed by atoms with van der Waals surface area (Å²) in [5.41, 5.74) is 2.40. The molecule has 1 atom stereocenters. The van der Waals surface area contributed by atoms with E-state index in [1.165, 1.54) is 5.56 Å². The first-order valence-corrected chi connectivity index (χ1v) is 13.9. The Labute approximate surface area is 240 Å². The molecule has 1 aromatic carbocycles. The van der Waals surface area contributed by atoms with Crippen LogP contribution in [-0.4, -0.2) is 71.4 Å². The molecule has 10 heteroatoms. The highest BCUT2D eigenvalue weighted by Crippen LogP contribution is 2.35. The number of ether oxygens (including phenoxy) is 1. The number of rotatable bonds is 10. The van der Waals surface area contributed by atoms with Crippen LogP contribution in [0.5, 0.6) is 5.75 Å². The minimum Gasteiger partial charge on any atom is -0.497 e. The number of allylic oxidation sites excluding steroid dienone is 4. The lowest BCUT2D eigenvalue weighted by Crippen LogP contribution is -2.38. The second-order valence-electron chi connectivity index (χ2n) is 10.6. The van der Waals surface area contributed by atoms with Gasteiger partial charge in [-0.3, -0.25) is 4.98 Å². The molecule has 41 heavy (non-hydrogen) atoms. The standard InChI is InChI=1S/C31H38N4O6/c1-19-26(29(36)37)28(27(30(38)39)20(2)33-19)23-8-4-9-24(17-23)34-31(40)32-13-6-14-35-15-11-21(12-16-35)22-7-5-10-25(18-22)41-3/h4-5,7-10,18,21,23H,6,11-17H2,1-3H3,(H,36,37)(H,38,39)(H2,32,34,40). The van der Waals surface area contributed by atoms with E-state index in [4.69, 9.17) is 4.74 Å². The van der Waals surface area contributed by atoms with Crippen LogP contribution in [0.3, 0.4) is 0 Å². The maximum absolute atomic E-state index is 12.6. The van der Waals surface area contributed by atoms with Gasteiger partial charge < -0.3 is 30.5 Å². The Hall–Kier alpha value is -4.18. The van der Waals surface area contributed by atoms with Crippen LogP contribution in [0.15, 0.2) is 48.2 Å². The van der Waals surface area contributed by atoms with Gasteiger partial charge in [0, 0.05) is 18.2 Å². The average Bonchev–Trinajstić information content (AvgIpc) is 2.95. The number of carbonyl (C=O) groups excluding carboxylic acids is 1. The Balaban J connectivity index is 1.25. The number of urea groups is 1. The molecular weight excluding hydrogens is 524 g/mol. The van der Waals surface area contributed by atoms with E-state index in [1.807, 2.05) is 12.1 Å². The highest BCUT2D eigenvalue weighted by atomic mass is 16.5. The van der Waals surface area contributed by atoms with Gasteiger partial charge >= 0.3 is 18.0 Å². The zero-order chi connectivity index (χ0) is 29.5. The Kier molecular flexibility index (Phi) is 9.78. The van der Waals surface area contributed by atoms with Crippen molar-refractivity contribution in [1.29, 1.82) is 0 Å². The van der Waals surface area contributed by atoms with E-state index < -0.39 is 17.9 Å². The molecule has 4 N–H and O–H groups in total. The molecule has 1 fully saturated rings. The van der Waals surface area contributed by atoms with Gasteiger partial charge in [-0.1, -0.05) is 24.3 Å². The zero-order valence-corrected chi connectivity index (χ0v) is 23.8. The molecule has 1 aromatic heterocycles. The fraction of sp³-hybridized carbons (Fsp3) is 0.419. The molecule has 1 saturated heterocycles. The Morgan fingerprint density at radius 3 is 2.39 bits per heavy atom. The molecule has 2 aliphatic rings. The molecule has 1 unspecified atom stereocenters. The number of piperidine rings is 1. The van der Waals surface area contributed by atoms with Crippen molar-refractivity contribution >= 4 is 18.0 Å². The number of aromatic nitrogens is 1. The number of aromatic carboxylic acids is 2. The van der Waals surface area contributed by atoms with Crippen LogP contribution >= 0.6 is 0 Å². The highest BCUT2D eigenvalue weighted by Gasteiger charge is 2.30. The molecule has 0 saturated carbocycles. The third-order valence-corrected chi connectivity index (χ3v) is 7.84. The summed E-state index contributed by atoms with van der Waals surface area (Å²) in [4.78, 5) is 43.3. The lowest BCUT2D eigenvalue weighted by molar-refractivity contribution is 0.0692. The monoisotopic (exact) mass is 562 g/mol. The van der Waals surface area contributed by atoms with E-state index in [0.717, 1.165) is 44.6 Å². The molecule has 1 aliphatic carbocycles. The summed E-state index contributed by atoms with van der Waals surface area (Å²) in [5.74, 6) is -1.57. The van der Waals surface area contributed by atoms with Crippen molar-refractivity contribution in [3.05, 3.63) is 81.8 Å². The number of carbonyl (C=O) groups is 3. The molecule has 218 valence electrons. The van der Waals surface area contributed by atoms with Crippen LogP contribution in [0.2, 0.25) is 0 Å². The quantitative estimate of drug-likeness (QED) is 0.308. The van der Waals surface area contributed by atoms with E-state index in [9.17, 15) is 24.6 Å². The Morgan fingerprint density at radius 2 is 1.76 bits per heavy atom. The molecule has 2 heterocycles. The largest absolute Gasteiger partial charge is 0.497 e. The number of nitrogens with one attached hydrogen (secondary N) is 2. The minimum atomic E-state index is -1.23. The van der Waals surface area contributed by atoms with E-state index in [1.54, 1.807) is 39.2 Å². The Morgan fingerprint density at radius 1 is 1.07 bits per heavy atom. The molecule has 10 nitrogen and oxygen atoms in total. The van der Waals surface area contributed by atoms with Crippen LogP contribution in [0, 0.1) is 13.8 Å². The van der Waals surface area contributed by atoms with Crippen molar-refractivity contribution in [2.75, 3.05) is 33.3 Å². The van der Waals surface area contributed by atoms with Crippen LogP contribution in [0.1, 0.15) is 80.7 Å². The number of methoxy groups -OCH3 is 1. The van der Waals surface area contributed by atoms with Crippen molar-refractivity contribution in [3.63, 3.8) is 0 Å². The summed E-state index contributed by atoms with van der Waals surface area (Å²) in [5, 5.41) is 25.4. The number of benzene rings is 1. The van der Waals surface area contributed by atoms with E-state index in [-0.39, 0.29) is 40.5 Å². The van der Waals surface area contributed by atoms with Crippen molar-refractivity contribution in [3.8, 4) is 5.75 Å². The molecular formula is C31H38N4O6. The van der Waals surface area contributed by atoms with Crippen LogP contribution in [0.4, 0.5) is 4.79 Å². The number of hydrogen-bond donors (Lipinski definition) is 4. The normalized spacial score (nSPS) is 17.5. The highest BCUT2D eigenvalue weighted by molar-refractivity contribution is 5.98. The smallest absolute Gasteiger partial charge is 0.337 e. The minimum absolute atomic E-state index is 0.110. The van der Waals surface area contributed by atoms with Gasteiger partial charge in [-0.25, -0.2) is 14.4 Å². The lowest BCUT2D eigenvalue weighted by Gasteiger charge is -2.32. The van der Waals surface area contributed by atoms with E-state index >= 15 is 0 Å². The van der Waals surface area contributed by atoms with Gasteiger partial charge in [0.05, 0.1) is 29.6 Å². The molecule has 0 spiro atoms. The fourth-order valence-corrected chi connectivity index (χ4v) is 5.84. The van der Waals surface area contributed by atoms with Crippen LogP contribution in [0.25, 0.3) is 0 Å². The van der Waals surface area contributed by atoms with Crippen LogP contribution < -0.4 is 15.4 Å². The number of aryl methyl sites for hydroxylation is 2. The third-order valence-electron chi connectivity index (χ3n) is 7.84. The van der Waals surface area contributed by atoms with E-state index in [2.05, 4.69) is 32.7 Å². The predicted molar refractivity (Wildman–Crippen MR) is 155 cm³/mol. The number of carboxylic acids is 2. The zero-order valence-electron chi connectivity index (χ0n) is 23.8. The molecule has 4 rings (SSSR count). The first kappa shape index (κ1) is 29.8. The summed E-state index contributed by atoms with van der Waals surface area (Å²) in [6.07, 6.45) is 8.47. The first-order valence-electron chi connectivity index (χ1n) is 13.9. The molecule has 1 aliphatic heterocycles. The molecule has 0 radical (unpaired) electrons. The molecule has 0 bridgehead atoms. The van der Waals surface area contributed by atoms with Crippen LogP contribution in [-0.2, 0) is 0 Å². The van der Waals surface area contributed by atoms with Gasteiger partial charge in [0.1, 0.15) is 5.75 Å². The fourth-order valence-electron chi connectivity index (χ4n) is 5.84. The summed E-state index contributed by atoms with van der Waals surface area (Å²) in [7, 11) is 1.69. The van der Waals surface area contributed by atoms with Gasteiger partial charge in [0.15, 0.2) is 0 Å². The number of pyridine rings is 1. The lowest BCUT2D eigenvalue weighted by atomic mass is 9.83. The van der Waals surface area contributed by atoms with E-state index in [0.29, 0.717) is 18.2 Å². The van der Waals surface area contributed by atoms with Crippen molar-refractivity contribution in [2.45, 2.75) is 51.4 Å². The summed E-state index contributed by atoms with van der Waals surface area (Å²) in [6, 6.07) is 7.95. The second-order valence-corrected chi connectivity index (χ2v) is 10.6. The van der Waals surface area contributed by atoms with Crippen molar-refractivity contribution in [1.82, 2.24) is 20.5 Å². The predicted octanol–water partition coefficient (Wildman–Crippen LogP) is 4.60. The number of nitrogens with zero attached hydrogens (tertiary/aromatic N) is 2. The van der Waals surface area contributed by atoms with Crippen molar-refractivity contribution in [2.24, 2.45) is 0 Å². The maximum atomic E-state index is 12.6. The number of carboxylic acid groups (broad SMARTS) is 2. The van der Waals surface area contributed by atoms with Gasteiger partial charge in [0.25, 0.3) is 0 Å². The number of hydrogen-bond acceptors (Lipinski definition) is 6. The Bertz CT molecular complexity index is 1320. The van der Waals surface area contributed by atoms with Gasteiger partial charge in [0.2, 0.25) is 0 Å². The first-order chi connectivity index (χ1) is 19.7. The summed E-state index contributed by atoms with van der Waals surface area (Å²) in [6.45, 7) is 6.56. The third kappa shape index (κ3) is 7.32. The number of likely N-dealkylation sites (tertiary alicyclic amines) is 1. The maximum Gasteiger partial charge on any atom is 0.337 e. The SMILES string of the molecule is COc1cccc(C2CCN(CCCNC(=O)NC3=CC=CC(c4c(C(=O)O)c(C)nc(C)c4C(=O)O)C3)CC2)c1. The topological polar surface area (TPSA) is 141 Å². The molecule has 2 aromatic rings. The van der Waals surface area contributed by atoms with Gasteiger partial charge in [-0.15, -0.1) is 0 Å². The van der Waals surface area contributed by atoms with Crippen molar-refractivity contribution < 1.29 is 29.3 Å². The molecule has 2 amide bonds. The van der Waals surface area contributed by atoms with Gasteiger partial charge in [-0.05, 0) is 94.4 Å².